The Labute approximate surface area is 192 Å². The number of rotatable bonds is 3. The lowest BCUT2D eigenvalue weighted by molar-refractivity contribution is -0.126. The van der Waals surface area contributed by atoms with Crippen LogP contribution in [-0.4, -0.2) is 37.0 Å². The molecule has 0 saturated carbocycles. The van der Waals surface area contributed by atoms with Crippen LogP contribution in [-0.2, 0) is 15.0 Å². The maximum atomic E-state index is 13.6. The summed E-state index contributed by atoms with van der Waals surface area (Å²) in [5, 5.41) is 13.2. The molecular weight excluding hydrogens is 452 g/mol. The fourth-order valence-corrected chi connectivity index (χ4v) is 6.25. The van der Waals surface area contributed by atoms with E-state index in [0.717, 1.165) is 11.3 Å². The Morgan fingerprint density at radius 1 is 1.22 bits per heavy atom. The first-order chi connectivity index (χ1) is 15.3. The van der Waals surface area contributed by atoms with Crippen molar-refractivity contribution in [2.24, 2.45) is 0 Å². The van der Waals surface area contributed by atoms with Gasteiger partial charge in [0.2, 0.25) is 11.8 Å². The average Bonchev–Trinajstić information content (AvgIpc) is 3.25. The van der Waals surface area contributed by atoms with Crippen molar-refractivity contribution in [3.8, 4) is 16.9 Å². The molecule has 2 aromatic carbocycles. The van der Waals surface area contributed by atoms with Crippen LogP contribution in [0.1, 0.15) is 26.5 Å². The van der Waals surface area contributed by atoms with Crippen molar-refractivity contribution in [1.82, 2.24) is 0 Å². The first-order valence-electron chi connectivity index (χ1n) is 9.71. The third kappa shape index (κ3) is 2.63. The molecule has 9 heteroatoms. The highest BCUT2D eigenvalue weighted by atomic mass is 35.5. The van der Waals surface area contributed by atoms with Crippen molar-refractivity contribution in [3.05, 3.63) is 62.8 Å². The molecule has 0 radical (unpaired) electrons. The van der Waals surface area contributed by atoms with Gasteiger partial charge < -0.3 is 20.1 Å². The van der Waals surface area contributed by atoms with Gasteiger partial charge in [-0.05, 0) is 29.3 Å². The predicted octanol–water partition coefficient (Wildman–Crippen LogP) is 4.38. The number of methoxy groups -OCH3 is 1. The monoisotopic (exact) mass is 468 g/mol. The number of para-hydroxylation sites is 1. The van der Waals surface area contributed by atoms with Gasteiger partial charge in [0.05, 0.1) is 34.8 Å². The minimum atomic E-state index is -1.33. The molecule has 32 heavy (non-hydrogen) atoms. The zero-order chi connectivity index (χ0) is 22.8. The van der Waals surface area contributed by atoms with Gasteiger partial charge in [0.15, 0.2) is 0 Å². The van der Waals surface area contributed by atoms with Crippen LogP contribution in [0.4, 0.5) is 11.4 Å². The minimum Gasteiger partial charge on any atom is -0.497 e. The quantitative estimate of drug-likeness (QED) is 0.594. The van der Waals surface area contributed by atoms with Crippen LogP contribution in [0.15, 0.2) is 42.5 Å². The van der Waals surface area contributed by atoms with Gasteiger partial charge in [0, 0.05) is 12.6 Å². The lowest BCUT2D eigenvalue weighted by Crippen LogP contribution is -2.45. The molecule has 1 unspecified atom stereocenters. The number of carbonyl (C=O) groups is 3. The molecule has 2 aliphatic rings. The molecule has 1 atom stereocenters. The third-order valence-electron chi connectivity index (χ3n) is 6.01. The van der Waals surface area contributed by atoms with E-state index in [4.69, 9.17) is 16.3 Å². The number of aromatic carboxylic acids is 1. The molecule has 2 N–H and O–H groups in total. The standard InChI is InChI=1S/C23H17ClN2O5S/c1-26-18-13(4-3-5-14(18)24)23(22(26)30)10-15(27)25-17-16(19(21(28)29)32-20(17)23)11-6-8-12(31-2)9-7-11/h3-9H,10H2,1-2H3,(H,25,27)(H,28,29). The molecular formula is C23H17ClN2O5S. The average molecular weight is 469 g/mol. The highest BCUT2D eigenvalue weighted by molar-refractivity contribution is 7.15. The molecule has 2 amide bonds. The Hall–Kier alpha value is -3.36. The lowest BCUT2D eigenvalue weighted by atomic mass is 9.74. The van der Waals surface area contributed by atoms with E-state index < -0.39 is 11.4 Å². The Morgan fingerprint density at radius 3 is 2.59 bits per heavy atom. The van der Waals surface area contributed by atoms with Crippen LogP contribution < -0.4 is 15.0 Å². The zero-order valence-corrected chi connectivity index (χ0v) is 18.6. The van der Waals surface area contributed by atoms with Crippen LogP contribution in [0.3, 0.4) is 0 Å². The van der Waals surface area contributed by atoms with Crippen molar-refractivity contribution in [2.75, 3.05) is 24.4 Å². The third-order valence-corrected chi connectivity index (χ3v) is 7.66. The van der Waals surface area contributed by atoms with Crippen molar-refractivity contribution in [2.45, 2.75) is 11.8 Å². The first kappa shape index (κ1) is 20.5. The van der Waals surface area contributed by atoms with E-state index in [0.29, 0.717) is 43.7 Å². The molecule has 0 saturated heterocycles. The maximum absolute atomic E-state index is 13.6. The van der Waals surface area contributed by atoms with Gasteiger partial charge >= 0.3 is 5.97 Å². The second kappa shape index (κ2) is 7.08. The van der Waals surface area contributed by atoms with E-state index >= 15 is 0 Å². The van der Waals surface area contributed by atoms with Crippen LogP contribution in [0, 0.1) is 0 Å². The minimum absolute atomic E-state index is 0.0488. The smallest absolute Gasteiger partial charge is 0.346 e. The topological polar surface area (TPSA) is 95.9 Å². The molecule has 1 spiro atoms. The summed E-state index contributed by atoms with van der Waals surface area (Å²) in [6, 6.07) is 12.1. The molecule has 5 rings (SSSR count). The number of fused-ring (bicyclic) bond motifs is 4. The lowest BCUT2D eigenvalue weighted by Gasteiger charge is -2.32. The van der Waals surface area contributed by atoms with Gasteiger partial charge in [0.1, 0.15) is 16.0 Å². The Bertz CT molecular complexity index is 1320. The number of carboxylic acid groups (broad SMARTS) is 1. The van der Waals surface area contributed by atoms with Crippen molar-refractivity contribution < 1.29 is 24.2 Å². The summed E-state index contributed by atoms with van der Waals surface area (Å²) in [5.41, 5.74) is 1.14. The van der Waals surface area contributed by atoms with Crippen LogP contribution in [0.5, 0.6) is 5.75 Å². The summed E-state index contributed by atoms with van der Waals surface area (Å²) >= 11 is 7.42. The Kier molecular flexibility index (Phi) is 4.54. The van der Waals surface area contributed by atoms with Gasteiger partial charge in [-0.2, -0.15) is 0 Å². The van der Waals surface area contributed by atoms with Gasteiger partial charge in [-0.25, -0.2) is 4.79 Å². The van der Waals surface area contributed by atoms with E-state index in [-0.39, 0.29) is 23.1 Å². The van der Waals surface area contributed by atoms with Gasteiger partial charge in [-0.3, -0.25) is 9.59 Å². The highest BCUT2D eigenvalue weighted by Crippen LogP contribution is 2.58. The number of amides is 2. The SMILES string of the molecule is COc1ccc(-c2c(C(=O)O)sc3c2NC(=O)CC32C(=O)N(C)c3c(Cl)cccc32)cc1. The second-order valence-corrected chi connectivity index (χ2v) is 9.10. The number of nitrogens with zero attached hydrogens (tertiary/aromatic N) is 1. The molecule has 2 aliphatic heterocycles. The number of carboxylic acids is 1. The number of carbonyl (C=O) groups excluding carboxylic acids is 2. The second-order valence-electron chi connectivity index (χ2n) is 7.67. The van der Waals surface area contributed by atoms with Gasteiger partial charge in [-0.15, -0.1) is 11.3 Å². The summed E-state index contributed by atoms with van der Waals surface area (Å²) in [5.74, 6) is -1.19. The van der Waals surface area contributed by atoms with E-state index in [1.165, 1.54) is 4.90 Å². The van der Waals surface area contributed by atoms with Crippen LogP contribution >= 0.6 is 22.9 Å². The fraction of sp³-hybridized carbons (Fsp3) is 0.174. The normalized spacial score (nSPS) is 19.0. The van der Waals surface area contributed by atoms with Crippen molar-refractivity contribution in [3.63, 3.8) is 0 Å². The van der Waals surface area contributed by atoms with Crippen LogP contribution in [0.2, 0.25) is 5.02 Å². The maximum Gasteiger partial charge on any atom is 0.346 e. The Morgan fingerprint density at radius 2 is 1.94 bits per heavy atom. The first-order valence-corrected chi connectivity index (χ1v) is 10.9. The molecule has 3 heterocycles. The van der Waals surface area contributed by atoms with Gasteiger partial charge in [-0.1, -0.05) is 35.9 Å². The highest BCUT2D eigenvalue weighted by Gasteiger charge is 2.57. The fourth-order valence-electron chi connectivity index (χ4n) is 4.63. The van der Waals surface area contributed by atoms with E-state index in [2.05, 4.69) is 5.32 Å². The summed E-state index contributed by atoms with van der Waals surface area (Å²) in [4.78, 5) is 40.8. The molecule has 7 nitrogen and oxygen atoms in total. The number of halogens is 1. The number of likely N-dealkylation sites (N-methyl/N-ethyl adjacent to an activating group) is 1. The molecule has 3 aromatic rings. The zero-order valence-electron chi connectivity index (χ0n) is 17.1. The number of ether oxygens (including phenoxy) is 1. The number of hydrogen-bond donors (Lipinski definition) is 2. The molecule has 0 fully saturated rings. The largest absolute Gasteiger partial charge is 0.497 e. The summed E-state index contributed by atoms with van der Waals surface area (Å²) < 4.78 is 5.20. The molecule has 1 aromatic heterocycles. The van der Waals surface area contributed by atoms with Gasteiger partial charge in [0.25, 0.3) is 0 Å². The molecule has 162 valence electrons. The van der Waals surface area contributed by atoms with Crippen molar-refractivity contribution in [1.29, 1.82) is 0 Å². The van der Waals surface area contributed by atoms with Crippen molar-refractivity contribution >= 4 is 52.1 Å². The number of hydrogen-bond acceptors (Lipinski definition) is 5. The Balaban J connectivity index is 1.83. The number of nitrogens with one attached hydrogen (secondary N) is 1. The summed E-state index contributed by atoms with van der Waals surface area (Å²) in [7, 11) is 3.16. The summed E-state index contributed by atoms with van der Waals surface area (Å²) in [6.45, 7) is 0. The molecule has 0 aliphatic carbocycles. The van der Waals surface area contributed by atoms with Crippen LogP contribution in [0.25, 0.3) is 11.1 Å². The number of benzene rings is 2. The number of anilines is 2. The predicted molar refractivity (Wildman–Crippen MR) is 122 cm³/mol. The van der Waals surface area contributed by atoms with E-state index in [1.54, 1.807) is 56.6 Å². The molecule has 0 bridgehead atoms. The number of thiophene rings is 1. The van der Waals surface area contributed by atoms with E-state index in [9.17, 15) is 19.5 Å². The summed E-state index contributed by atoms with van der Waals surface area (Å²) in [6.07, 6.45) is -0.127. The van der Waals surface area contributed by atoms with E-state index in [1.807, 2.05) is 0 Å².